The fraction of sp³-hybridized carbons (Fsp3) is 0.364. The van der Waals surface area contributed by atoms with Crippen LogP contribution in [0.1, 0.15) is 30.1 Å². The fourth-order valence-electron chi connectivity index (χ4n) is 1.39. The number of nitrogen functional groups attached to an aromatic ring is 1. The van der Waals surface area contributed by atoms with Crippen LogP contribution in [0.5, 0.6) is 11.5 Å². The molecule has 4 nitrogen and oxygen atoms in total. The van der Waals surface area contributed by atoms with Crippen molar-refractivity contribution in [2.24, 2.45) is 0 Å². The standard InChI is InChI=1S/C11H15NO3/c1-3-4-9(13)7-5-6-8(12)11(15-2)10(7)14/h5-6,14H,3-4,12H2,1-2H3. The molecule has 3 N–H and O–H groups in total. The first kappa shape index (κ1) is 11.4. The summed E-state index contributed by atoms with van der Waals surface area (Å²) in [7, 11) is 1.40. The molecule has 0 atom stereocenters. The second kappa shape index (κ2) is 4.68. The van der Waals surface area contributed by atoms with Crippen molar-refractivity contribution in [3.8, 4) is 11.5 Å². The minimum Gasteiger partial charge on any atom is -0.504 e. The van der Waals surface area contributed by atoms with Crippen molar-refractivity contribution in [1.29, 1.82) is 0 Å². The third-order valence-electron chi connectivity index (χ3n) is 2.14. The summed E-state index contributed by atoms with van der Waals surface area (Å²) >= 11 is 0. The van der Waals surface area contributed by atoms with E-state index in [0.717, 1.165) is 6.42 Å². The molecule has 1 aromatic rings. The summed E-state index contributed by atoms with van der Waals surface area (Å²) in [6.07, 6.45) is 1.14. The minimum atomic E-state index is -0.170. The predicted molar refractivity (Wildman–Crippen MR) is 58.3 cm³/mol. The van der Waals surface area contributed by atoms with Crippen LogP contribution in [0.4, 0.5) is 5.69 Å². The van der Waals surface area contributed by atoms with Gasteiger partial charge < -0.3 is 15.6 Å². The highest BCUT2D eigenvalue weighted by Gasteiger charge is 2.16. The number of anilines is 1. The molecule has 0 saturated carbocycles. The summed E-state index contributed by atoms with van der Waals surface area (Å²) in [5.41, 5.74) is 6.17. The molecule has 0 spiro atoms. The molecule has 0 radical (unpaired) electrons. The Hall–Kier alpha value is -1.71. The number of hydrogen-bond donors (Lipinski definition) is 2. The molecule has 0 heterocycles. The van der Waals surface area contributed by atoms with Crippen LogP contribution in [0.3, 0.4) is 0 Å². The second-order valence-corrected chi connectivity index (χ2v) is 3.26. The average molecular weight is 209 g/mol. The number of phenolic OH excluding ortho intramolecular Hbond substituents is 1. The largest absolute Gasteiger partial charge is 0.504 e. The van der Waals surface area contributed by atoms with Gasteiger partial charge in [0.05, 0.1) is 18.4 Å². The van der Waals surface area contributed by atoms with Gasteiger partial charge in [-0.2, -0.15) is 0 Å². The Bertz CT molecular complexity index is 374. The van der Waals surface area contributed by atoms with Crippen molar-refractivity contribution in [3.63, 3.8) is 0 Å². The topological polar surface area (TPSA) is 72.6 Å². The lowest BCUT2D eigenvalue weighted by Crippen LogP contribution is -2.01. The lowest BCUT2D eigenvalue weighted by molar-refractivity contribution is 0.0978. The average Bonchev–Trinajstić information content (AvgIpc) is 2.18. The first-order valence-electron chi connectivity index (χ1n) is 4.80. The smallest absolute Gasteiger partial charge is 0.184 e. The van der Waals surface area contributed by atoms with Gasteiger partial charge in [0, 0.05) is 6.42 Å². The molecule has 0 fully saturated rings. The molecule has 0 aromatic heterocycles. The number of carbonyl (C=O) groups is 1. The van der Waals surface area contributed by atoms with Gasteiger partial charge in [-0.3, -0.25) is 4.79 Å². The van der Waals surface area contributed by atoms with E-state index in [2.05, 4.69) is 0 Å². The van der Waals surface area contributed by atoms with E-state index in [-0.39, 0.29) is 22.8 Å². The Morgan fingerprint density at radius 1 is 1.53 bits per heavy atom. The molecule has 15 heavy (non-hydrogen) atoms. The monoisotopic (exact) mass is 209 g/mol. The summed E-state index contributed by atoms with van der Waals surface area (Å²) in [5.74, 6) is -0.110. The molecule has 0 amide bonds. The SMILES string of the molecule is CCCC(=O)c1ccc(N)c(OC)c1O. The number of aromatic hydroxyl groups is 1. The fourth-order valence-corrected chi connectivity index (χ4v) is 1.39. The van der Waals surface area contributed by atoms with E-state index in [1.807, 2.05) is 6.92 Å². The van der Waals surface area contributed by atoms with Crippen LogP contribution in [-0.4, -0.2) is 18.0 Å². The van der Waals surface area contributed by atoms with E-state index in [1.54, 1.807) is 6.07 Å². The molecule has 0 aliphatic rings. The zero-order chi connectivity index (χ0) is 11.4. The van der Waals surface area contributed by atoms with Gasteiger partial charge in [0.25, 0.3) is 0 Å². The highest BCUT2D eigenvalue weighted by Crippen LogP contribution is 2.35. The van der Waals surface area contributed by atoms with Crippen LogP contribution in [-0.2, 0) is 0 Å². The number of carbonyl (C=O) groups excluding carboxylic acids is 1. The summed E-state index contributed by atoms with van der Waals surface area (Å²) < 4.78 is 4.92. The van der Waals surface area contributed by atoms with E-state index in [4.69, 9.17) is 10.5 Å². The normalized spacial score (nSPS) is 10.0. The molecular weight excluding hydrogens is 194 g/mol. The maximum Gasteiger partial charge on any atom is 0.184 e. The Morgan fingerprint density at radius 2 is 2.20 bits per heavy atom. The van der Waals surface area contributed by atoms with Gasteiger partial charge in [-0.25, -0.2) is 0 Å². The minimum absolute atomic E-state index is 0.103. The lowest BCUT2D eigenvalue weighted by atomic mass is 10.0. The number of Topliss-reactive ketones (excluding diaryl/α,β-unsaturated/α-hetero) is 1. The van der Waals surface area contributed by atoms with Crippen molar-refractivity contribution in [3.05, 3.63) is 17.7 Å². The van der Waals surface area contributed by atoms with E-state index in [0.29, 0.717) is 12.1 Å². The summed E-state index contributed by atoms with van der Waals surface area (Å²) in [5, 5.41) is 9.74. The predicted octanol–water partition coefficient (Wildman–Crippen LogP) is 1.97. The number of ether oxygens (including phenoxy) is 1. The van der Waals surface area contributed by atoms with Gasteiger partial charge in [-0.05, 0) is 18.6 Å². The first-order chi connectivity index (χ1) is 7.11. The van der Waals surface area contributed by atoms with Gasteiger partial charge in [0.2, 0.25) is 0 Å². The molecule has 0 bridgehead atoms. The van der Waals surface area contributed by atoms with Gasteiger partial charge in [-0.15, -0.1) is 0 Å². The maximum absolute atomic E-state index is 11.6. The van der Waals surface area contributed by atoms with E-state index in [1.165, 1.54) is 13.2 Å². The van der Waals surface area contributed by atoms with Crippen LogP contribution in [0, 0.1) is 0 Å². The maximum atomic E-state index is 11.6. The molecule has 82 valence electrons. The van der Waals surface area contributed by atoms with Crippen molar-refractivity contribution >= 4 is 11.5 Å². The Morgan fingerprint density at radius 3 is 2.73 bits per heavy atom. The van der Waals surface area contributed by atoms with E-state index in [9.17, 15) is 9.90 Å². The van der Waals surface area contributed by atoms with Crippen molar-refractivity contribution in [2.75, 3.05) is 12.8 Å². The number of ketones is 1. The molecule has 0 aliphatic heterocycles. The van der Waals surface area contributed by atoms with Crippen LogP contribution < -0.4 is 10.5 Å². The molecule has 0 saturated heterocycles. The Balaban J connectivity index is 3.15. The third-order valence-corrected chi connectivity index (χ3v) is 2.14. The number of hydrogen-bond acceptors (Lipinski definition) is 4. The van der Waals surface area contributed by atoms with E-state index >= 15 is 0 Å². The number of rotatable bonds is 4. The lowest BCUT2D eigenvalue weighted by Gasteiger charge is -2.10. The molecule has 1 aromatic carbocycles. The molecule has 0 unspecified atom stereocenters. The van der Waals surface area contributed by atoms with E-state index < -0.39 is 0 Å². The molecule has 1 rings (SSSR count). The van der Waals surface area contributed by atoms with Crippen LogP contribution >= 0.6 is 0 Å². The van der Waals surface area contributed by atoms with Gasteiger partial charge in [-0.1, -0.05) is 6.92 Å². The van der Waals surface area contributed by atoms with Gasteiger partial charge in [0.1, 0.15) is 0 Å². The number of methoxy groups -OCH3 is 1. The second-order valence-electron chi connectivity index (χ2n) is 3.26. The summed E-state index contributed by atoms with van der Waals surface area (Å²) in [6, 6.07) is 3.08. The zero-order valence-corrected chi connectivity index (χ0v) is 8.91. The van der Waals surface area contributed by atoms with Crippen LogP contribution in [0.15, 0.2) is 12.1 Å². The van der Waals surface area contributed by atoms with Crippen molar-refractivity contribution < 1.29 is 14.6 Å². The van der Waals surface area contributed by atoms with Crippen LogP contribution in [0.25, 0.3) is 0 Å². The Kier molecular flexibility index (Phi) is 3.55. The molecule has 4 heteroatoms. The zero-order valence-electron chi connectivity index (χ0n) is 8.91. The third kappa shape index (κ3) is 2.21. The highest BCUT2D eigenvalue weighted by molar-refractivity contribution is 6.00. The number of nitrogens with two attached hydrogens (primary N) is 1. The van der Waals surface area contributed by atoms with Gasteiger partial charge in [0.15, 0.2) is 17.3 Å². The van der Waals surface area contributed by atoms with Crippen LogP contribution in [0.2, 0.25) is 0 Å². The summed E-state index contributed by atoms with van der Waals surface area (Å²) in [6.45, 7) is 1.91. The number of phenols is 1. The Labute approximate surface area is 88.7 Å². The van der Waals surface area contributed by atoms with Crippen molar-refractivity contribution in [2.45, 2.75) is 19.8 Å². The first-order valence-corrected chi connectivity index (χ1v) is 4.80. The quantitative estimate of drug-likeness (QED) is 0.587. The highest BCUT2D eigenvalue weighted by atomic mass is 16.5. The van der Waals surface area contributed by atoms with Crippen molar-refractivity contribution in [1.82, 2.24) is 0 Å². The number of benzene rings is 1. The van der Waals surface area contributed by atoms with Gasteiger partial charge >= 0.3 is 0 Å². The summed E-state index contributed by atoms with van der Waals surface area (Å²) in [4.78, 5) is 11.6. The molecular formula is C11H15NO3. The molecule has 0 aliphatic carbocycles.